The fourth-order valence-electron chi connectivity index (χ4n) is 2.40. The van der Waals surface area contributed by atoms with E-state index in [0.29, 0.717) is 17.1 Å². The maximum Gasteiger partial charge on any atom is 0.339 e. The van der Waals surface area contributed by atoms with Crippen LogP contribution in [0.4, 0.5) is 17.1 Å². The molecule has 8 heteroatoms. The number of hydrogen-bond acceptors (Lipinski definition) is 6. The zero-order valence-electron chi connectivity index (χ0n) is 14.9. The first kappa shape index (κ1) is 19.2. The SMILES string of the molecule is COC(=O)c1ccccc1S(=O)(=O)Nc1ccc(N=Nc2ccccc2)cc1. The van der Waals surface area contributed by atoms with Crippen LogP contribution in [-0.2, 0) is 14.8 Å². The molecule has 0 atom stereocenters. The molecular weight excluding hydrogens is 378 g/mol. The summed E-state index contributed by atoms with van der Waals surface area (Å²) in [7, 11) is -2.78. The van der Waals surface area contributed by atoms with Crippen molar-refractivity contribution in [2.75, 3.05) is 11.8 Å². The molecule has 0 radical (unpaired) electrons. The number of esters is 1. The van der Waals surface area contributed by atoms with Gasteiger partial charge in [0.2, 0.25) is 0 Å². The van der Waals surface area contributed by atoms with Gasteiger partial charge in [0.05, 0.1) is 24.0 Å². The van der Waals surface area contributed by atoms with Crippen LogP contribution in [0.5, 0.6) is 0 Å². The molecule has 3 aromatic carbocycles. The Bertz CT molecular complexity index is 1100. The van der Waals surface area contributed by atoms with Gasteiger partial charge in [-0.1, -0.05) is 30.3 Å². The summed E-state index contributed by atoms with van der Waals surface area (Å²) in [5, 5.41) is 8.21. The van der Waals surface area contributed by atoms with E-state index in [2.05, 4.69) is 19.7 Å². The van der Waals surface area contributed by atoms with Crippen LogP contribution in [0, 0.1) is 0 Å². The molecule has 1 N–H and O–H groups in total. The standard InChI is InChI=1S/C20H17N3O4S/c1-27-20(24)18-9-5-6-10-19(18)28(25,26)23-17-13-11-16(12-14-17)22-21-15-7-3-2-4-8-15/h2-14,23H,1H3. The average molecular weight is 395 g/mol. The van der Waals surface area contributed by atoms with Crippen molar-refractivity contribution in [3.05, 3.63) is 84.4 Å². The van der Waals surface area contributed by atoms with Crippen molar-refractivity contribution >= 4 is 33.1 Å². The zero-order valence-corrected chi connectivity index (χ0v) is 15.8. The molecule has 3 rings (SSSR count). The minimum atomic E-state index is -3.97. The molecule has 0 aliphatic heterocycles. The fourth-order valence-corrected chi connectivity index (χ4v) is 3.65. The van der Waals surface area contributed by atoms with Crippen LogP contribution in [0.2, 0.25) is 0 Å². The number of ether oxygens (including phenoxy) is 1. The van der Waals surface area contributed by atoms with E-state index >= 15 is 0 Å². The van der Waals surface area contributed by atoms with Gasteiger partial charge in [-0.15, -0.1) is 0 Å². The minimum absolute atomic E-state index is 0.0363. The van der Waals surface area contributed by atoms with Crippen molar-refractivity contribution in [3.63, 3.8) is 0 Å². The summed E-state index contributed by atoms with van der Waals surface area (Å²) >= 11 is 0. The highest BCUT2D eigenvalue weighted by molar-refractivity contribution is 7.92. The van der Waals surface area contributed by atoms with Crippen molar-refractivity contribution in [1.82, 2.24) is 0 Å². The number of azo groups is 1. The third kappa shape index (κ3) is 4.60. The first-order valence-electron chi connectivity index (χ1n) is 8.26. The molecule has 0 saturated carbocycles. The highest BCUT2D eigenvalue weighted by atomic mass is 32.2. The van der Waals surface area contributed by atoms with E-state index in [1.807, 2.05) is 30.3 Å². The van der Waals surface area contributed by atoms with Crippen LogP contribution in [0.1, 0.15) is 10.4 Å². The first-order chi connectivity index (χ1) is 13.5. The molecular formula is C20H17N3O4S. The van der Waals surface area contributed by atoms with E-state index in [-0.39, 0.29) is 10.5 Å². The molecule has 28 heavy (non-hydrogen) atoms. The van der Waals surface area contributed by atoms with Crippen LogP contribution in [0.15, 0.2) is 94.0 Å². The Balaban J connectivity index is 1.79. The third-order valence-corrected chi connectivity index (χ3v) is 5.18. The largest absolute Gasteiger partial charge is 0.465 e. The van der Waals surface area contributed by atoms with E-state index in [4.69, 9.17) is 0 Å². The van der Waals surface area contributed by atoms with Gasteiger partial charge < -0.3 is 4.74 Å². The number of anilines is 1. The molecule has 7 nitrogen and oxygen atoms in total. The summed E-state index contributed by atoms with van der Waals surface area (Å²) in [4.78, 5) is 11.7. The predicted octanol–water partition coefficient (Wildman–Crippen LogP) is 4.69. The molecule has 142 valence electrons. The van der Waals surface area contributed by atoms with Crippen LogP contribution >= 0.6 is 0 Å². The number of carbonyl (C=O) groups is 1. The number of benzene rings is 3. The lowest BCUT2D eigenvalue weighted by Gasteiger charge is -2.11. The summed E-state index contributed by atoms with van der Waals surface area (Å²) in [5.41, 5.74) is 1.58. The topological polar surface area (TPSA) is 97.2 Å². The lowest BCUT2D eigenvalue weighted by atomic mass is 10.2. The number of rotatable bonds is 6. The Morgan fingerprint density at radius 2 is 1.39 bits per heavy atom. The monoisotopic (exact) mass is 395 g/mol. The van der Waals surface area contributed by atoms with Crippen molar-refractivity contribution in [2.45, 2.75) is 4.90 Å². The average Bonchev–Trinajstić information content (AvgIpc) is 2.73. The molecule has 0 heterocycles. The quantitative estimate of drug-likeness (QED) is 0.484. The molecule has 0 aliphatic rings. The third-order valence-electron chi connectivity index (χ3n) is 3.74. The lowest BCUT2D eigenvalue weighted by molar-refractivity contribution is 0.0596. The highest BCUT2D eigenvalue weighted by Gasteiger charge is 2.22. The lowest BCUT2D eigenvalue weighted by Crippen LogP contribution is -2.17. The molecule has 0 aromatic heterocycles. The van der Waals surface area contributed by atoms with Gasteiger partial charge in [-0.05, 0) is 48.5 Å². The van der Waals surface area contributed by atoms with Gasteiger partial charge in [-0.2, -0.15) is 10.2 Å². The van der Waals surface area contributed by atoms with Crippen LogP contribution < -0.4 is 4.72 Å². The molecule has 0 amide bonds. The molecule has 3 aromatic rings. The number of methoxy groups -OCH3 is 1. The summed E-state index contributed by atoms with van der Waals surface area (Å²) in [5.74, 6) is -0.724. The Hall–Kier alpha value is -3.52. The van der Waals surface area contributed by atoms with Gasteiger partial charge in [0.25, 0.3) is 10.0 Å². The Morgan fingerprint density at radius 3 is 2.04 bits per heavy atom. The van der Waals surface area contributed by atoms with Crippen LogP contribution in [0.3, 0.4) is 0 Å². The van der Waals surface area contributed by atoms with E-state index in [9.17, 15) is 13.2 Å². The van der Waals surface area contributed by atoms with Crippen molar-refractivity contribution in [2.24, 2.45) is 10.2 Å². The Labute approximate surface area is 162 Å². The fraction of sp³-hybridized carbons (Fsp3) is 0.0500. The van der Waals surface area contributed by atoms with Gasteiger partial charge in [-0.25, -0.2) is 13.2 Å². The Morgan fingerprint density at radius 1 is 0.821 bits per heavy atom. The molecule has 0 saturated heterocycles. The molecule has 0 fully saturated rings. The minimum Gasteiger partial charge on any atom is -0.465 e. The summed E-state index contributed by atoms with van der Waals surface area (Å²) in [6.07, 6.45) is 0. The van der Waals surface area contributed by atoms with Crippen molar-refractivity contribution in [1.29, 1.82) is 0 Å². The number of hydrogen-bond donors (Lipinski definition) is 1. The maximum absolute atomic E-state index is 12.7. The van der Waals surface area contributed by atoms with Gasteiger partial charge in [0.1, 0.15) is 4.90 Å². The van der Waals surface area contributed by atoms with E-state index < -0.39 is 16.0 Å². The second kappa shape index (κ2) is 8.45. The molecule has 0 aliphatic carbocycles. The predicted molar refractivity (Wildman–Crippen MR) is 106 cm³/mol. The number of nitrogens with zero attached hydrogens (tertiary/aromatic N) is 2. The smallest absolute Gasteiger partial charge is 0.339 e. The van der Waals surface area contributed by atoms with Gasteiger partial charge in [0.15, 0.2) is 0 Å². The molecule has 0 bridgehead atoms. The summed E-state index contributed by atoms with van der Waals surface area (Å²) < 4.78 is 32.4. The number of carbonyl (C=O) groups excluding carboxylic acids is 1. The van der Waals surface area contributed by atoms with Gasteiger partial charge in [0, 0.05) is 5.69 Å². The Kier molecular flexibility index (Phi) is 5.81. The van der Waals surface area contributed by atoms with Crippen LogP contribution in [-0.4, -0.2) is 21.5 Å². The van der Waals surface area contributed by atoms with Crippen LogP contribution in [0.25, 0.3) is 0 Å². The van der Waals surface area contributed by atoms with Crippen molar-refractivity contribution < 1.29 is 17.9 Å². The first-order valence-corrected chi connectivity index (χ1v) is 9.75. The number of nitrogens with one attached hydrogen (secondary N) is 1. The second-order valence-electron chi connectivity index (χ2n) is 5.68. The summed E-state index contributed by atoms with van der Waals surface area (Å²) in [6, 6.07) is 21.5. The normalized spacial score (nSPS) is 11.3. The maximum atomic E-state index is 12.7. The number of sulfonamides is 1. The van der Waals surface area contributed by atoms with E-state index in [1.54, 1.807) is 30.3 Å². The molecule has 0 spiro atoms. The van der Waals surface area contributed by atoms with Gasteiger partial charge >= 0.3 is 5.97 Å². The van der Waals surface area contributed by atoms with E-state index in [1.165, 1.54) is 25.3 Å². The van der Waals surface area contributed by atoms with E-state index in [0.717, 1.165) is 0 Å². The zero-order chi connectivity index (χ0) is 20.0. The van der Waals surface area contributed by atoms with Gasteiger partial charge in [-0.3, -0.25) is 4.72 Å². The van der Waals surface area contributed by atoms with Crippen molar-refractivity contribution in [3.8, 4) is 0 Å². The summed E-state index contributed by atoms with van der Waals surface area (Å²) in [6.45, 7) is 0. The second-order valence-corrected chi connectivity index (χ2v) is 7.33. The highest BCUT2D eigenvalue weighted by Crippen LogP contribution is 2.23. The molecule has 0 unspecified atom stereocenters.